The van der Waals surface area contributed by atoms with E-state index in [1.54, 1.807) is 12.1 Å². The van der Waals surface area contributed by atoms with Gasteiger partial charge in [-0.2, -0.15) is 0 Å². The smallest absolute Gasteiger partial charge is 0.134 e. The second-order valence-electron chi connectivity index (χ2n) is 3.65. The molecule has 1 heterocycles. The average Bonchev–Trinajstić information content (AvgIpc) is 2.32. The topological polar surface area (TPSA) is 33.1 Å². The van der Waals surface area contributed by atoms with Crippen molar-refractivity contribution in [1.29, 1.82) is 0 Å². The molecular weight excluding hydrogens is 222 g/mol. The number of rotatable bonds is 0. The molecule has 3 heteroatoms. The number of benzene rings is 2. The Balaban J connectivity index is 2.51. The third kappa shape index (κ3) is 1.31. The van der Waals surface area contributed by atoms with Crippen LogP contribution in [0.15, 0.2) is 42.5 Å². The number of halogens is 1. The summed E-state index contributed by atoms with van der Waals surface area (Å²) in [6.07, 6.45) is 0. The molecule has 0 fully saturated rings. The van der Waals surface area contributed by atoms with E-state index in [1.165, 1.54) is 0 Å². The van der Waals surface area contributed by atoms with Gasteiger partial charge in [-0.25, -0.2) is 4.98 Å². The third-order valence-electron chi connectivity index (χ3n) is 2.61. The van der Waals surface area contributed by atoms with Crippen molar-refractivity contribution in [1.82, 2.24) is 4.98 Å². The molecule has 0 aliphatic carbocycles. The minimum atomic E-state index is 0.0891. The van der Waals surface area contributed by atoms with Gasteiger partial charge in [0.25, 0.3) is 0 Å². The molecule has 0 saturated heterocycles. The van der Waals surface area contributed by atoms with Crippen LogP contribution in [0.1, 0.15) is 0 Å². The fraction of sp³-hybridized carbons (Fsp3) is 0. The second kappa shape index (κ2) is 3.35. The number of aromatic nitrogens is 1. The normalized spacial score (nSPS) is 11.1. The Morgan fingerprint density at radius 3 is 2.69 bits per heavy atom. The Bertz CT molecular complexity index is 694. The van der Waals surface area contributed by atoms with Crippen LogP contribution in [0.25, 0.3) is 21.8 Å². The highest BCUT2D eigenvalue weighted by Gasteiger charge is 2.06. The molecule has 0 bridgehead atoms. The number of hydrogen-bond donors (Lipinski definition) is 1. The van der Waals surface area contributed by atoms with E-state index in [4.69, 9.17) is 11.6 Å². The summed E-state index contributed by atoms with van der Waals surface area (Å²) >= 11 is 6.04. The fourth-order valence-corrected chi connectivity index (χ4v) is 2.02. The lowest BCUT2D eigenvalue weighted by Gasteiger charge is -2.04. The largest absolute Gasteiger partial charge is 0.506 e. The summed E-state index contributed by atoms with van der Waals surface area (Å²) in [5, 5.41) is 11.7. The number of phenolic OH excluding ortho intramolecular Hbond substituents is 1. The lowest BCUT2D eigenvalue weighted by Crippen LogP contribution is -1.83. The van der Waals surface area contributed by atoms with Crippen LogP contribution in [0.4, 0.5) is 0 Å². The summed E-state index contributed by atoms with van der Waals surface area (Å²) < 4.78 is 0. The Labute approximate surface area is 97.1 Å². The highest BCUT2D eigenvalue weighted by atomic mass is 35.5. The number of pyridine rings is 1. The van der Waals surface area contributed by atoms with Crippen molar-refractivity contribution < 1.29 is 5.11 Å². The highest BCUT2D eigenvalue weighted by Crippen LogP contribution is 2.32. The molecule has 0 aliphatic heterocycles. The predicted octanol–water partition coefficient (Wildman–Crippen LogP) is 3.75. The molecule has 78 valence electrons. The predicted molar refractivity (Wildman–Crippen MR) is 65.9 cm³/mol. The summed E-state index contributed by atoms with van der Waals surface area (Å²) in [6.45, 7) is 0. The SMILES string of the molecule is Oc1ccc2nc3ccccc3cc2c1Cl. The summed E-state index contributed by atoms with van der Waals surface area (Å²) in [7, 11) is 0. The van der Waals surface area contributed by atoms with E-state index < -0.39 is 0 Å². The second-order valence-corrected chi connectivity index (χ2v) is 4.02. The van der Waals surface area contributed by atoms with Gasteiger partial charge in [-0.3, -0.25) is 0 Å². The molecule has 16 heavy (non-hydrogen) atoms. The maximum absolute atomic E-state index is 9.53. The Hall–Kier alpha value is -1.80. The summed E-state index contributed by atoms with van der Waals surface area (Å²) in [4.78, 5) is 4.48. The first-order valence-corrected chi connectivity index (χ1v) is 5.30. The van der Waals surface area contributed by atoms with Crippen molar-refractivity contribution in [2.75, 3.05) is 0 Å². The van der Waals surface area contributed by atoms with Gasteiger partial charge in [0.2, 0.25) is 0 Å². The Morgan fingerprint density at radius 2 is 1.81 bits per heavy atom. The molecule has 0 spiro atoms. The van der Waals surface area contributed by atoms with Crippen LogP contribution < -0.4 is 0 Å². The molecule has 0 amide bonds. The average molecular weight is 230 g/mol. The van der Waals surface area contributed by atoms with Crippen LogP contribution in [0.2, 0.25) is 5.02 Å². The van der Waals surface area contributed by atoms with Gasteiger partial charge >= 0.3 is 0 Å². The van der Waals surface area contributed by atoms with Crippen LogP contribution in [-0.2, 0) is 0 Å². The summed E-state index contributed by atoms with van der Waals surface area (Å²) in [5.41, 5.74) is 1.72. The molecule has 1 N–H and O–H groups in total. The maximum atomic E-state index is 9.53. The molecule has 0 unspecified atom stereocenters. The number of para-hydroxylation sites is 1. The van der Waals surface area contributed by atoms with Crippen LogP contribution in [0, 0.1) is 0 Å². The van der Waals surface area contributed by atoms with Gasteiger partial charge < -0.3 is 5.11 Å². The van der Waals surface area contributed by atoms with E-state index >= 15 is 0 Å². The van der Waals surface area contributed by atoms with Crippen molar-refractivity contribution in [3.8, 4) is 5.75 Å². The van der Waals surface area contributed by atoms with Gasteiger partial charge in [-0.1, -0.05) is 29.8 Å². The van der Waals surface area contributed by atoms with Crippen molar-refractivity contribution in [3.05, 3.63) is 47.5 Å². The van der Waals surface area contributed by atoms with Crippen molar-refractivity contribution in [2.45, 2.75) is 0 Å². The van der Waals surface area contributed by atoms with Crippen LogP contribution in [0.3, 0.4) is 0 Å². The van der Waals surface area contributed by atoms with Gasteiger partial charge in [0.05, 0.1) is 16.1 Å². The van der Waals surface area contributed by atoms with E-state index in [-0.39, 0.29) is 5.75 Å². The zero-order chi connectivity index (χ0) is 11.1. The molecular formula is C13H8ClNO. The van der Waals surface area contributed by atoms with Crippen molar-refractivity contribution in [2.24, 2.45) is 0 Å². The molecule has 0 atom stereocenters. The van der Waals surface area contributed by atoms with Gasteiger partial charge in [0.1, 0.15) is 5.75 Å². The monoisotopic (exact) mass is 229 g/mol. The Kier molecular flexibility index (Phi) is 1.98. The minimum absolute atomic E-state index is 0.0891. The van der Waals surface area contributed by atoms with E-state index in [9.17, 15) is 5.11 Å². The number of fused-ring (bicyclic) bond motifs is 2. The first kappa shape index (κ1) is 9.43. The maximum Gasteiger partial charge on any atom is 0.134 e. The van der Waals surface area contributed by atoms with Gasteiger partial charge in [-0.05, 0) is 24.3 Å². The molecule has 0 radical (unpaired) electrons. The number of phenols is 1. The molecule has 3 aromatic rings. The summed E-state index contributed by atoms with van der Waals surface area (Å²) in [5.74, 6) is 0.0891. The highest BCUT2D eigenvalue weighted by molar-refractivity contribution is 6.37. The summed E-state index contributed by atoms with van der Waals surface area (Å²) in [6, 6.07) is 13.1. The molecule has 0 aliphatic rings. The van der Waals surface area contributed by atoms with Gasteiger partial charge in [0.15, 0.2) is 0 Å². The first-order valence-electron chi connectivity index (χ1n) is 4.93. The lowest BCUT2D eigenvalue weighted by molar-refractivity contribution is 0.476. The van der Waals surface area contributed by atoms with Crippen molar-refractivity contribution >= 4 is 33.4 Å². The minimum Gasteiger partial charge on any atom is -0.506 e. The third-order valence-corrected chi connectivity index (χ3v) is 3.01. The quantitative estimate of drug-likeness (QED) is 0.596. The Morgan fingerprint density at radius 1 is 1.00 bits per heavy atom. The lowest BCUT2D eigenvalue weighted by atomic mass is 10.1. The zero-order valence-electron chi connectivity index (χ0n) is 8.31. The van der Waals surface area contributed by atoms with E-state index in [0.717, 1.165) is 21.8 Å². The number of nitrogens with zero attached hydrogens (tertiary/aromatic N) is 1. The molecule has 0 saturated carbocycles. The standard InChI is InChI=1S/C13H8ClNO/c14-13-9-7-8-3-1-2-4-10(8)15-11(9)5-6-12(13)16/h1-7,16H. The molecule has 2 nitrogen and oxygen atoms in total. The van der Waals surface area contributed by atoms with Gasteiger partial charge in [-0.15, -0.1) is 0 Å². The van der Waals surface area contributed by atoms with E-state index in [0.29, 0.717) is 5.02 Å². The molecule has 3 rings (SSSR count). The van der Waals surface area contributed by atoms with Crippen LogP contribution in [0.5, 0.6) is 5.75 Å². The zero-order valence-corrected chi connectivity index (χ0v) is 9.07. The fourth-order valence-electron chi connectivity index (χ4n) is 1.80. The molecule has 2 aromatic carbocycles. The van der Waals surface area contributed by atoms with Gasteiger partial charge in [0, 0.05) is 10.8 Å². The van der Waals surface area contributed by atoms with Crippen LogP contribution >= 0.6 is 11.6 Å². The molecule has 1 aromatic heterocycles. The number of hydrogen-bond acceptors (Lipinski definition) is 2. The van der Waals surface area contributed by atoms with Crippen LogP contribution in [-0.4, -0.2) is 10.1 Å². The first-order chi connectivity index (χ1) is 7.75. The number of aromatic hydroxyl groups is 1. The van der Waals surface area contributed by atoms with E-state index in [1.807, 2.05) is 30.3 Å². The van der Waals surface area contributed by atoms with Crippen molar-refractivity contribution in [3.63, 3.8) is 0 Å². The van der Waals surface area contributed by atoms with E-state index in [2.05, 4.69) is 4.98 Å².